The summed E-state index contributed by atoms with van der Waals surface area (Å²) in [6.07, 6.45) is 2.56. The number of halogens is 1. The SMILES string of the molecule is CN(CCCN1c2ccccc2Sc2cccnc21)C1=C(Cl)C(=O)c2ccccc2C1=O. The Labute approximate surface area is 195 Å². The number of carbonyl (C=O) groups is 2. The van der Waals surface area contributed by atoms with Gasteiger partial charge in [0.1, 0.15) is 16.5 Å². The molecule has 0 atom stereocenters. The minimum Gasteiger partial charge on any atom is -0.370 e. The number of likely N-dealkylation sites (N-methyl/N-ethyl adjacent to an activating group) is 1. The number of anilines is 2. The van der Waals surface area contributed by atoms with Crippen molar-refractivity contribution >= 4 is 46.4 Å². The lowest BCUT2D eigenvalue weighted by molar-refractivity contribution is 0.0953. The molecular formula is C25H20ClN3O2S. The molecule has 3 aromatic rings. The van der Waals surface area contributed by atoms with Gasteiger partial charge in [-0.2, -0.15) is 0 Å². The summed E-state index contributed by atoms with van der Waals surface area (Å²) in [4.78, 5) is 36.7. The normalized spacial score (nSPS) is 14.8. The lowest BCUT2D eigenvalue weighted by Crippen LogP contribution is -2.33. The quantitative estimate of drug-likeness (QED) is 0.497. The van der Waals surface area contributed by atoms with Crippen LogP contribution in [0.2, 0.25) is 0 Å². The Morgan fingerprint density at radius 2 is 1.62 bits per heavy atom. The predicted octanol–water partition coefficient (Wildman–Crippen LogP) is 5.54. The van der Waals surface area contributed by atoms with Crippen LogP contribution in [0, 0.1) is 0 Å². The molecule has 0 bridgehead atoms. The smallest absolute Gasteiger partial charge is 0.211 e. The molecule has 0 saturated heterocycles. The number of rotatable bonds is 5. The standard InChI is InChI=1S/C25H20ClN3O2S/c1-28(22-21(26)23(30)16-8-2-3-9-17(16)24(22)31)14-7-15-29-18-10-4-5-11-19(18)32-20-12-6-13-27-25(20)29/h2-6,8-13H,7,14-15H2,1H3. The Hall–Kier alpha value is -3.09. The molecule has 1 aliphatic carbocycles. The van der Waals surface area contributed by atoms with E-state index in [0.717, 1.165) is 29.4 Å². The number of hydrogen-bond acceptors (Lipinski definition) is 6. The molecule has 2 heterocycles. The van der Waals surface area contributed by atoms with Crippen molar-refractivity contribution in [3.8, 4) is 0 Å². The summed E-state index contributed by atoms with van der Waals surface area (Å²) in [5.41, 5.74) is 2.17. The fraction of sp³-hybridized carbons (Fsp3) is 0.160. The van der Waals surface area contributed by atoms with Crippen LogP contribution in [0.15, 0.2) is 87.4 Å². The molecule has 7 heteroatoms. The molecule has 32 heavy (non-hydrogen) atoms. The van der Waals surface area contributed by atoms with Crippen molar-refractivity contribution in [2.45, 2.75) is 16.2 Å². The fourth-order valence-electron chi connectivity index (χ4n) is 4.14. The number of nitrogens with zero attached hydrogens (tertiary/aromatic N) is 3. The third-order valence-electron chi connectivity index (χ3n) is 5.68. The molecule has 1 aliphatic heterocycles. The monoisotopic (exact) mass is 461 g/mol. The molecule has 0 N–H and O–H groups in total. The zero-order valence-corrected chi connectivity index (χ0v) is 19.0. The summed E-state index contributed by atoms with van der Waals surface area (Å²) >= 11 is 8.08. The Bertz CT molecular complexity index is 1230. The highest BCUT2D eigenvalue weighted by molar-refractivity contribution is 7.99. The highest BCUT2D eigenvalue weighted by Crippen LogP contribution is 2.46. The Balaban J connectivity index is 1.35. The van der Waals surface area contributed by atoms with Crippen LogP contribution in [0.3, 0.4) is 0 Å². The van der Waals surface area contributed by atoms with Gasteiger partial charge in [0.25, 0.3) is 0 Å². The number of para-hydroxylation sites is 1. The number of ketones is 2. The van der Waals surface area contributed by atoms with Gasteiger partial charge in [-0.15, -0.1) is 0 Å². The molecule has 5 rings (SSSR count). The van der Waals surface area contributed by atoms with Crippen LogP contribution in [0.4, 0.5) is 11.5 Å². The van der Waals surface area contributed by atoms with Crippen molar-refractivity contribution in [1.29, 1.82) is 0 Å². The van der Waals surface area contributed by atoms with Crippen molar-refractivity contribution in [2.75, 3.05) is 25.0 Å². The van der Waals surface area contributed by atoms with E-state index >= 15 is 0 Å². The number of allylic oxidation sites excluding steroid dienone is 2. The largest absolute Gasteiger partial charge is 0.370 e. The predicted molar refractivity (Wildman–Crippen MR) is 127 cm³/mol. The van der Waals surface area contributed by atoms with E-state index in [0.29, 0.717) is 17.7 Å². The first-order valence-corrected chi connectivity index (χ1v) is 11.5. The zero-order valence-electron chi connectivity index (χ0n) is 17.4. The van der Waals surface area contributed by atoms with Crippen molar-refractivity contribution < 1.29 is 9.59 Å². The lowest BCUT2D eigenvalue weighted by Gasteiger charge is -2.32. The van der Waals surface area contributed by atoms with E-state index in [1.807, 2.05) is 25.2 Å². The Morgan fingerprint density at radius 1 is 0.938 bits per heavy atom. The lowest BCUT2D eigenvalue weighted by atomic mass is 9.92. The molecule has 2 aromatic carbocycles. The van der Waals surface area contributed by atoms with Crippen molar-refractivity contribution in [3.05, 3.63) is 88.7 Å². The minimum absolute atomic E-state index is 0.0112. The van der Waals surface area contributed by atoms with Gasteiger partial charge in [0.2, 0.25) is 11.6 Å². The van der Waals surface area contributed by atoms with Gasteiger partial charge in [0.15, 0.2) is 0 Å². The molecule has 0 saturated carbocycles. The second kappa shape index (κ2) is 8.45. The molecule has 0 amide bonds. The first-order valence-electron chi connectivity index (χ1n) is 10.3. The summed E-state index contributed by atoms with van der Waals surface area (Å²) < 4.78 is 0. The fourth-order valence-corrected chi connectivity index (χ4v) is 5.54. The van der Waals surface area contributed by atoms with Gasteiger partial charge in [0, 0.05) is 42.4 Å². The maximum Gasteiger partial charge on any atom is 0.211 e. The van der Waals surface area contributed by atoms with Crippen molar-refractivity contribution in [1.82, 2.24) is 9.88 Å². The highest BCUT2D eigenvalue weighted by atomic mass is 35.5. The second-order valence-electron chi connectivity index (χ2n) is 7.69. The summed E-state index contributed by atoms with van der Waals surface area (Å²) in [6, 6.07) is 19.1. The first kappa shape index (κ1) is 20.8. The van der Waals surface area contributed by atoms with Crippen LogP contribution in [-0.2, 0) is 0 Å². The second-order valence-corrected chi connectivity index (χ2v) is 9.15. The molecule has 0 unspecified atom stereocenters. The molecular weight excluding hydrogens is 442 g/mol. The van der Waals surface area contributed by atoms with Gasteiger partial charge in [0.05, 0.1) is 10.6 Å². The summed E-state index contributed by atoms with van der Waals surface area (Å²) in [6.45, 7) is 1.29. The van der Waals surface area contributed by atoms with Crippen LogP contribution in [0.25, 0.3) is 0 Å². The molecule has 2 aliphatic rings. The number of pyridine rings is 1. The number of hydrogen-bond donors (Lipinski definition) is 0. The van der Waals surface area contributed by atoms with Crippen LogP contribution < -0.4 is 4.90 Å². The Kier molecular flexibility index (Phi) is 5.49. The summed E-state index contributed by atoms with van der Waals surface area (Å²) in [5.74, 6) is 0.428. The molecule has 0 fully saturated rings. The summed E-state index contributed by atoms with van der Waals surface area (Å²) in [7, 11) is 1.81. The zero-order chi connectivity index (χ0) is 22.2. The van der Waals surface area contributed by atoms with Crippen LogP contribution in [-0.4, -0.2) is 41.6 Å². The maximum atomic E-state index is 13.0. The van der Waals surface area contributed by atoms with Gasteiger partial charge in [-0.05, 0) is 30.7 Å². The van der Waals surface area contributed by atoms with Gasteiger partial charge in [-0.1, -0.05) is 59.8 Å². The number of Topliss-reactive ketones (excluding diaryl/α,β-unsaturated/α-hetero) is 2. The van der Waals surface area contributed by atoms with Gasteiger partial charge in [-0.3, -0.25) is 9.59 Å². The van der Waals surface area contributed by atoms with Crippen LogP contribution in [0.5, 0.6) is 0 Å². The minimum atomic E-state index is -0.302. The van der Waals surface area contributed by atoms with E-state index in [4.69, 9.17) is 11.6 Å². The molecule has 160 valence electrons. The summed E-state index contributed by atoms with van der Waals surface area (Å²) in [5, 5.41) is -0.0112. The van der Waals surface area contributed by atoms with E-state index in [1.165, 1.54) is 4.90 Å². The van der Waals surface area contributed by atoms with E-state index < -0.39 is 0 Å². The molecule has 1 aromatic heterocycles. The molecule has 0 radical (unpaired) electrons. The third-order valence-corrected chi connectivity index (χ3v) is 7.13. The molecule has 5 nitrogen and oxygen atoms in total. The van der Waals surface area contributed by atoms with Gasteiger partial charge < -0.3 is 9.80 Å². The maximum absolute atomic E-state index is 13.0. The topological polar surface area (TPSA) is 53.5 Å². The average Bonchev–Trinajstić information content (AvgIpc) is 2.82. The van der Waals surface area contributed by atoms with E-state index in [1.54, 1.807) is 47.1 Å². The highest BCUT2D eigenvalue weighted by Gasteiger charge is 2.33. The third kappa shape index (κ3) is 3.49. The number of aromatic nitrogens is 1. The van der Waals surface area contributed by atoms with Crippen LogP contribution in [0.1, 0.15) is 27.1 Å². The average molecular weight is 462 g/mol. The van der Waals surface area contributed by atoms with Crippen molar-refractivity contribution in [3.63, 3.8) is 0 Å². The van der Waals surface area contributed by atoms with E-state index in [2.05, 4.69) is 28.1 Å². The van der Waals surface area contributed by atoms with E-state index in [9.17, 15) is 9.59 Å². The van der Waals surface area contributed by atoms with Crippen molar-refractivity contribution in [2.24, 2.45) is 0 Å². The first-order chi connectivity index (χ1) is 15.6. The van der Waals surface area contributed by atoms with E-state index in [-0.39, 0.29) is 22.3 Å². The number of benzene rings is 2. The number of fused-ring (bicyclic) bond motifs is 3. The number of carbonyl (C=O) groups excluding carboxylic acids is 2. The van der Waals surface area contributed by atoms with Gasteiger partial charge in [-0.25, -0.2) is 4.98 Å². The Morgan fingerprint density at radius 3 is 2.44 bits per heavy atom. The van der Waals surface area contributed by atoms with Crippen LogP contribution >= 0.6 is 23.4 Å². The molecule has 0 spiro atoms. The van der Waals surface area contributed by atoms with Gasteiger partial charge >= 0.3 is 0 Å².